The van der Waals surface area contributed by atoms with E-state index < -0.39 is 5.60 Å². The van der Waals surface area contributed by atoms with Gasteiger partial charge in [0.15, 0.2) is 0 Å². The van der Waals surface area contributed by atoms with Gasteiger partial charge in [-0.25, -0.2) is 0 Å². The molecule has 8 nitrogen and oxygen atoms in total. The van der Waals surface area contributed by atoms with E-state index in [0.717, 1.165) is 51.4 Å². The number of benzene rings is 1. The van der Waals surface area contributed by atoms with Crippen molar-refractivity contribution in [1.82, 2.24) is 15.5 Å². The summed E-state index contributed by atoms with van der Waals surface area (Å²) >= 11 is 0. The predicted octanol–water partition coefficient (Wildman–Crippen LogP) is 3.05. The normalized spacial score (nSPS) is 30.9. The molecule has 4 rings (SSSR count). The zero-order valence-corrected chi connectivity index (χ0v) is 24.0. The van der Waals surface area contributed by atoms with Crippen molar-refractivity contribution in [2.45, 2.75) is 70.9 Å². The molecular formula is C30H48N4O4. The highest BCUT2D eigenvalue weighted by Gasteiger charge is 2.61. The largest absolute Gasteiger partial charge is 0.390 e. The van der Waals surface area contributed by atoms with Crippen LogP contribution in [0, 0.1) is 16.7 Å². The number of nitrogens with zero attached hydrogens (tertiary/aromatic N) is 2. The topological polar surface area (TPSA) is 94.1 Å². The molecule has 212 valence electrons. The monoisotopic (exact) mass is 528 g/mol. The molecule has 1 saturated heterocycles. The van der Waals surface area contributed by atoms with Crippen molar-refractivity contribution in [2.24, 2.45) is 16.7 Å². The van der Waals surface area contributed by atoms with E-state index in [0.29, 0.717) is 37.8 Å². The van der Waals surface area contributed by atoms with Gasteiger partial charge in [0, 0.05) is 64.0 Å². The van der Waals surface area contributed by atoms with Crippen molar-refractivity contribution >= 4 is 17.5 Å². The Hall–Kier alpha value is -2.16. The van der Waals surface area contributed by atoms with Gasteiger partial charge < -0.3 is 25.4 Å². The maximum atomic E-state index is 13.4. The predicted molar refractivity (Wildman–Crippen MR) is 150 cm³/mol. The number of fused-ring (bicyclic) bond motifs is 1. The third kappa shape index (κ3) is 6.52. The molecule has 1 aromatic carbocycles. The third-order valence-electron chi connectivity index (χ3n) is 9.46. The molecule has 4 atom stereocenters. The summed E-state index contributed by atoms with van der Waals surface area (Å²) in [6.45, 7) is 11.3. The standard InChI is InChI=1S/C30H48N4O4/c1-28(2)21-25(32-27(36)22-6-8-23(9-7-22)33(4)5)30(13-12-29(3,37)20-24(28)30)11-10-26(35)31-14-15-34-16-18-38-19-17-34/h6-9,24-25,37H,10-21H2,1-5H3,(H,31,35)(H,32,36). The van der Waals surface area contributed by atoms with Gasteiger partial charge in [-0.2, -0.15) is 0 Å². The van der Waals surface area contributed by atoms with E-state index in [4.69, 9.17) is 4.74 Å². The molecule has 8 heteroatoms. The summed E-state index contributed by atoms with van der Waals surface area (Å²) in [4.78, 5) is 30.7. The van der Waals surface area contributed by atoms with Crippen molar-refractivity contribution in [2.75, 3.05) is 58.4 Å². The van der Waals surface area contributed by atoms with E-state index in [2.05, 4.69) is 29.4 Å². The zero-order chi connectivity index (χ0) is 27.6. The van der Waals surface area contributed by atoms with E-state index in [1.165, 1.54) is 0 Å². The lowest BCUT2D eigenvalue weighted by molar-refractivity contribution is -0.123. The first-order chi connectivity index (χ1) is 17.9. The molecule has 0 spiro atoms. The Morgan fingerprint density at radius 2 is 1.76 bits per heavy atom. The maximum Gasteiger partial charge on any atom is 0.251 e. The lowest BCUT2D eigenvalue weighted by atomic mass is 9.57. The Morgan fingerprint density at radius 3 is 2.42 bits per heavy atom. The number of hydrogen-bond acceptors (Lipinski definition) is 6. The fraction of sp³-hybridized carbons (Fsp3) is 0.733. The Bertz CT molecular complexity index is 971. The number of anilines is 1. The van der Waals surface area contributed by atoms with Gasteiger partial charge in [-0.3, -0.25) is 14.5 Å². The quantitative estimate of drug-likeness (QED) is 0.456. The highest BCUT2D eigenvalue weighted by molar-refractivity contribution is 5.94. The van der Waals surface area contributed by atoms with E-state index in [9.17, 15) is 14.7 Å². The molecule has 1 aromatic rings. The average molecular weight is 529 g/mol. The molecule has 1 aliphatic heterocycles. The van der Waals surface area contributed by atoms with Crippen molar-refractivity contribution < 1.29 is 19.4 Å². The molecule has 2 aliphatic carbocycles. The second kappa shape index (κ2) is 11.5. The number of hydrogen-bond donors (Lipinski definition) is 3. The van der Waals surface area contributed by atoms with Gasteiger partial charge in [-0.1, -0.05) is 13.8 Å². The molecule has 4 unspecified atom stereocenters. The van der Waals surface area contributed by atoms with Crippen LogP contribution >= 0.6 is 0 Å². The summed E-state index contributed by atoms with van der Waals surface area (Å²) in [5.74, 6) is 0.225. The number of nitrogens with one attached hydrogen (secondary N) is 2. The second-order valence-corrected chi connectivity index (χ2v) is 13.0. The summed E-state index contributed by atoms with van der Waals surface area (Å²) in [5, 5.41) is 17.5. The molecule has 2 saturated carbocycles. The smallest absolute Gasteiger partial charge is 0.251 e. The van der Waals surface area contributed by atoms with Crippen LogP contribution in [0.3, 0.4) is 0 Å². The van der Waals surface area contributed by atoms with Crippen molar-refractivity contribution in [1.29, 1.82) is 0 Å². The molecule has 1 heterocycles. The van der Waals surface area contributed by atoms with Gasteiger partial charge in [0.2, 0.25) is 5.91 Å². The first-order valence-electron chi connectivity index (χ1n) is 14.3. The molecule has 0 bridgehead atoms. The first-order valence-corrected chi connectivity index (χ1v) is 14.3. The fourth-order valence-electron chi connectivity index (χ4n) is 7.20. The fourth-order valence-corrected chi connectivity index (χ4v) is 7.20. The van der Waals surface area contributed by atoms with Gasteiger partial charge in [-0.05, 0) is 80.0 Å². The molecule has 38 heavy (non-hydrogen) atoms. The number of carbonyl (C=O) groups excluding carboxylic acids is 2. The molecular weight excluding hydrogens is 480 g/mol. The number of ether oxygens (including phenoxy) is 1. The summed E-state index contributed by atoms with van der Waals surface area (Å²) in [6, 6.07) is 7.64. The van der Waals surface area contributed by atoms with Crippen molar-refractivity contribution in [3.05, 3.63) is 29.8 Å². The van der Waals surface area contributed by atoms with E-state index in [1.54, 1.807) is 0 Å². The number of aliphatic hydroxyl groups is 1. The lowest BCUT2D eigenvalue weighted by Gasteiger charge is -2.50. The molecule has 3 fully saturated rings. The van der Waals surface area contributed by atoms with Crippen LogP contribution in [0.2, 0.25) is 0 Å². The Morgan fingerprint density at radius 1 is 1.08 bits per heavy atom. The summed E-state index contributed by atoms with van der Waals surface area (Å²) in [5.41, 5.74) is 0.716. The highest BCUT2D eigenvalue weighted by Crippen LogP contribution is 2.63. The van der Waals surface area contributed by atoms with E-state index in [-0.39, 0.29) is 34.6 Å². The minimum absolute atomic E-state index is 0.0409. The number of rotatable bonds is 9. The maximum absolute atomic E-state index is 13.4. The van der Waals surface area contributed by atoms with Crippen molar-refractivity contribution in [3.8, 4) is 0 Å². The van der Waals surface area contributed by atoms with Crippen LogP contribution in [-0.2, 0) is 9.53 Å². The van der Waals surface area contributed by atoms with Crippen LogP contribution in [0.4, 0.5) is 5.69 Å². The third-order valence-corrected chi connectivity index (χ3v) is 9.46. The van der Waals surface area contributed by atoms with Gasteiger partial charge in [0.05, 0.1) is 18.8 Å². The zero-order valence-electron chi connectivity index (χ0n) is 24.0. The minimum atomic E-state index is -0.716. The highest BCUT2D eigenvalue weighted by atomic mass is 16.5. The first kappa shape index (κ1) is 28.8. The number of morpholine rings is 1. The van der Waals surface area contributed by atoms with Crippen LogP contribution < -0.4 is 15.5 Å². The lowest BCUT2D eigenvalue weighted by Crippen LogP contribution is -2.52. The molecule has 2 amide bonds. The minimum Gasteiger partial charge on any atom is -0.390 e. The molecule has 0 aromatic heterocycles. The van der Waals surface area contributed by atoms with Crippen molar-refractivity contribution in [3.63, 3.8) is 0 Å². The van der Waals surface area contributed by atoms with Crippen LogP contribution in [0.25, 0.3) is 0 Å². The second-order valence-electron chi connectivity index (χ2n) is 13.0. The van der Waals surface area contributed by atoms with Crippen LogP contribution in [0.1, 0.15) is 69.7 Å². The number of carbonyl (C=O) groups is 2. The Kier molecular flexibility index (Phi) is 8.75. The van der Waals surface area contributed by atoms with Gasteiger partial charge in [0.25, 0.3) is 5.91 Å². The molecule has 3 N–H and O–H groups in total. The van der Waals surface area contributed by atoms with Gasteiger partial charge in [-0.15, -0.1) is 0 Å². The van der Waals surface area contributed by atoms with Crippen LogP contribution in [-0.4, -0.2) is 87.0 Å². The SMILES string of the molecule is CN(C)c1ccc(C(=O)NC2CC(C)(C)C3CC(C)(O)CCC23CCC(=O)NCCN2CCOCC2)cc1. The van der Waals surface area contributed by atoms with Crippen LogP contribution in [0.15, 0.2) is 24.3 Å². The Labute approximate surface area is 228 Å². The van der Waals surface area contributed by atoms with Gasteiger partial charge >= 0.3 is 0 Å². The van der Waals surface area contributed by atoms with E-state index >= 15 is 0 Å². The van der Waals surface area contributed by atoms with Gasteiger partial charge in [0.1, 0.15) is 0 Å². The summed E-state index contributed by atoms with van der Waals surface area (Å²) < 4.78 is 5.41. The molecule has 0 radical (unpaired) electrons. The average Bonchev–Trinajstić information content (AvgIpc) is 3.08. The summed E-state index contributed by atoms with van der Waals surface area (Å²) in [7, 11) is 3.97. The summed E-state index contributed by atoms with van der Waals surface area (Å²) in [6.07, 6.45) is 4.17. The van der Waals surface area contributed by atoms with Crippen LogP contribution in [0.5, 0.6) is 0 Å². The number of amides is 2. The Balaban J connectivity index is 1.45. The van der Waals surface area contributed by atoms with E-state index in [1.807, 2.05) is 50.2 Å². The molecule has 3 aliphatic rings.